The minimum atomic E-state index is -0.970. The van der Waals surface area contributed by atoms with Gasteiger partial charge >= 0.3 is 5.97 Å². The number of nitrogens with zero attached hydrogens (tertiary/aromatic N) is 2. The molecule has 98 valence electrons. The average Bonchev–Trinajstić information content (AvgIpc) is 2.34. The Hall–Kier alpha value is -1.98. The van der Waals surface area contributed by atoms with Crippen LogP contribution in [0.15, 0.2) is 18.3 Å². The summed E-state index contributed by atoms with van der Waals surface area (Å²) < 4.78 is 12.9. The molecule has 1 atom stereocenters. The highest BCUT2D eigenvalue weighted by atomic mass is 19.1. The minimum Gasteiger partial charge on any atom is -0.481 e. The number of carbonyl (C=O) groups excluding carboxylic acids is 1. The van der Waals surface area contributed by atoms with Crippen molar-refractivity contribution in [1.82, 2.24) is 9.88 Å². The molecule has 0 aliphatic heterocycles. The predicted octanol–water partition coefficient (Wildman–Crippen LogP) is 1.40. The summed E-state index contributed by atoms with van der Waals surface area (Å²) in [7, 11) is 0. The lowest BCUT2D eigenvalue weighted by atomic mass is 10.1. The van der Waals surface area contributed by atoms with E-state index in [0.29, 0.717) is 6.54 Å². The van der Waals surface area contributed by atoms with Gasteiger partial charge in [-0.25, -0.2) is 4.98 Å². The van der Waals surface area contributed by atoms with Crippen molar-refractivity contribution >= 4 is 11.9 Å². The van der Waals surface area contributed by atoms with E-state index in [1.54, 1.807) is 6.92 Å². The van der Waals surface area contributed by atoms with Gasteiger partial charge in [-0.15, -0.1) is 0 Å². The monoisotopic (exact) mass is 254 g/mol. The molecule has 1 aromatic rings. The second-order valence-corrected chi connectivity index (χ2v) is 3.95. The summed E-state index contributed by atoms with van der Waals surface area (Å²) in [4.78, 5) is 27.5. The fourth-order valence-corrected chi connectivity index (χ4v) is 1.48. The summed E-state index contributed by atoms with van der Waals surface area (Å²) in [5, 5.41) is 8.81. The van der Waals surface area contributed by atoms with Crippen LogP contribution in [0.1, 0.15) is 24.2 Å². The molecular formula is C12H15FN2O3. The molecule has 0 aliphatic rings. The number of pyridine rings is 1. The lowest BCUT2D eigenvalue weighted by Gasteiger charge is -2.22. The van der Waals surface area contributed by atoms with Crippen LogP contribution >= 0.6 is 0 Å². The first kappa shape index (κ1) is 14.1. The Morgan fingerprint density at radius 2 is 2.22 bits per heavy atom. The van der Waals surface area contributed by atoms with Crippen LogP contribution in [0.3, 0.4) is 0 Å². The molecule has 1 aromatic heterocycles. The van der Waals surface area contributed by atoms with Crippen LogP contribution in [0.5, 0.6) is 0 Å². The number of carbonyl (C=O) groups is 2. The van der Waals surface area contributed by atoms with Gasteiger partial charge in [-0.1, -0.05) is 6.92 Å². The van der Waals surface area contributed by atoms with Gasteiger partial charge in [-0.05, 0) is 13.0 Å². The molecule has 18 heavy (non-hydrogen) atoms. The average molecular weight is 254 g/mol. The van der Waals surface area contributed by atoms with Crippen molar-refractivity contribution < 1.29 is 19.1 Å². The third-order valence-electron chi connectivity index (χ3n) is 2.56. The van der Waals surface area contributed by atoms with Crippen LogP contribution < -0.4 is 0 Å². The number of amides is 1. The molecular weight excluding hydrogens is 239 g/mol. The Balaban J connectivity index is 2.82. The van der Waals surface area contributed by atoms with Crippen LogP contribution in [0.4, 0.5) is 4.39 Å². The first-order valence-corrected chi connectivity index (χ1v) is 5.59. The van der Waals surface area contributed by atoms with Gasteiger partial charge in [-0.2, -0.15) is 4.39 Å². The number of carboxylic acids is 1. The van der Waals surface area contributed by atoms with Gasteiger partial charge in [0.2, 0.25) is 5.95 Å². The van der Waals surface area contributed by atoms with E-state index in [9.17, 15) is 14.0 Å². The molecule has 1 amide bonds. The van der Waals surface area contributed by atoms with Gasteiger partial charge in [-0.3, -0.25) is 9.59 Å². The summed E-state index contributed by atoms with van der Waals surface area (Å²) >= 11 is 0. The fraction of sp³-hybridized carbons (Fsp3) is 0.417. The molecule has 0 aromatic carbocycles. The van der Waals surface area contributed by atoms with E-state index < -0.39 is 23.7 Å². The second kappa shape index (κ2) is 6.09. The zero-order valence-corrected chi connectivity index (χ0v) is 10.3. The molecule has 5 nitrogen and oxygen atoms in total. The van der Waals surface area contributed by atoms with Crippen molar-refractivity contribution in [2.24, 2.45) is 5.92 Å². The maximum atomic E-state index is 12.9. The number of rotatable bonds is 5. The van der Waals surface area contributed by atoms with E-state index in [0.717, 1.165) is 6.07 Å². The zero-order chi connectivity index (χ0) is 13.7. The van der Waals surface area contributed by atoms with Gasteiger partial charge in [0.1, 0.15) is 0 Å². The van der Waals surface area contributed by atoms with Crippen molar-refractivity contribution in [3.63, 3.8) is 0 Å². The highest BCUT2D eigenvalue weighted by Gasteiger charge is 2.20. The van der Waals surface area contributed by atoms with E-state index in [1.807, 2.05) is 0 Å². The highest BCUT2D eigenvalue weighted by Crippen LogP contribution is 2.08. The summed E-state index contributed by atoms with van der Waals surface area (Å²) in [5.74, 6) is -2.77. The van der Waals surface area contributed by atoms with Gasteiger partial charge in [0.05, 0.1) is 5.92 Å². The smallest absolute Gasteiger partial charge is 0.308 e. The molecule has 0 radical (unpaired) electrons. The number of aromatic nitrogens is 1. The van der Waals surface area contributed by atoms with Crippen molar-refractivity contribution in [1.29, 1.82) is 0 Å². The van der Waals surface area contributed by atoms with Crippen LogP contribution in [0, 0.1) is 11.9 Å². The number of carboxylic acid groups (broad SMARTS) is 1. The fourth-order valence-electron chi connectivity index (χ4n) is 1.48. The van der Waals surface area contributed by atoms with Gasteiger partial charge in [0.15, 0.2) is 0 Å². The summed E-state index contributed by atoms with van der Waals surface area (Å²) in [6.45, 7) is 3.71. The molecule has 0 saturated carbocycles. The molecule has 0 bridgehead atoms. The molecule has 1 heterocycles. The van der Waals surface area contributed by atoms with Gasteiger partial charge < -0.3 is 10.0 Å². The lowest BCUT2D eigenvalue weighted by Crippen LogP contribution is -2.36. The topological polar surface area (TPSA) is 70.5 Å². The van der Waals surface area contributed by atoms with E-state index >= 15 is 0 Å². The molecule has 1 N–H and O–H groups in total. The maximum Gasteiger partial charge on any atom is 0.308 e. The Kier molecular flexibility index (Phi) is 4.76. The highest BCUT2D eigenvalue weighted by molar-refractivity contribution is 5.94. The quantitative estimate of drug-likeness (QED) is 0.806. The summed E-state index contributed by atoms with van der Waals surface area (Å²) in [6.07, 6.45) is 1.21. The first-order valence-electron chi connectivity index (χ1n) is 5.59. The first-order chi connectivity index (χ1) is 8.45. The van der Waals surface area contributed by atoms with Crippen molar-refractivity contribution in [2.45, 2.75) is 13.8 Å². The Labute approximate surface area is 104 Å². The molecule has 0 spiro atoms. The summed E-state index contributed by atoms with van der Waals surface area (Å²) in [5.41, 5.74) is 0.168. The number of aliphatic carboxylic acids is 1. The largest absolute Gasteiger partial charge is 0.481 e. The number of hydrogen-bond acceptors (Lipinski definition) is 3. The molecule has 6 heteroatoms. The van der Waals surface area contributed by atoms with Crippen LogP contribution in [-0.2, 0) is 4.79 Å². The molecule has 0 fully saturated rings. The standard InChI is InChI=1S/C12H15FN2O3/c1-3-15(7-8(2)12(17)18)11(16)9-4-5-14-10(13)6-9/h4-6,8H,3,7H2,1-2H3,(H,17,18). The molecule has 0 aliphatic carbocycles. The van der Waals surface area contributed by atoms with Crippen LogP contribution in [0.2, 0.25) is 0 Å². The normalized spacial score (nSPS) is 11.9. The second-order valence-electron chi connectivity index (χ2n) is 3.95. The minimum absolute atomic E-state index is 0.0919. The van der Waals surface area contributed by atoms with E-state index in [-0.39, 0.29) is 12.1 Å². The predicted molar refractivity (Wildman–Crippen MR) is 62.6 cm³/mol. The Bertz CT molecular complexity index is 451. The van der Waals surface area contributed by atoms with E-state index in [1.165, 1.54) is 24.1 Å². The number of halogens is 1. The van der Waals surface area contributed by atoms with Crippen molar-refractivity contribution in [2.75, 3.05) is 13.1 Å². The number of hydrogen-bond donors (Lipinski definition) is 1. The van der Waals surface area contributed by atoms with E-state index in [2.05, 4.69) is 4.98 Å². The lowest BCUT2D eigenvalue weighted by molar-refractivity contribution is -0.141. The molecule has 1 unspecified atom stereocenters. The van der Waals surface area contributed by atoms with E-state index in [4.69, 9.17) is 5.11 Å². The third-order valence-corrected chi connectivity index (χ3v) is 2.56. The third kappa shape index (κ3) is 3.51. The maximum absolute atomic E-state index is 12.9. The molecule has 0 saturated heterocycles. The Morgan fingerprint density at radius 3 is 2.72 bits per heavy atom. The Morgan fingerprint density at radius 1 is 1.56 bits per heavy atom. The van der Waals surface area contributed by atoms with Crippen molar-refractivity contribution in [3.8, 4) is 0 Å². The SMILES string of the molecule is CCN(CC(C)C(=O)O)C(=O)c1ccnc(F)c1. The van der Waals surface area contributed by atoms with Crippen LogP contribution in [0.25, 0.3) is 0 Å². The molecule has 1 rings (SSSR count). The van der Waals surface area contributed by atoms with Gasteiger partial charge in [0.25, 0.3) is 5.91 Å². The van der Waals surface area contributed by atoms with Gasteiger partial charge in [0, 0.05) is 30.9 Å². The van der Waals surface area contributed by atoms with Crippen LogP contribution in [-0.4, -0.2) is 40.0 Å². The zero-order valence-electron chi connectivity index (χ0n) is 10.3. The summed E-state index contributed by atoms with van der Waals surface area (Å²) in [6, 6.07) is 2.44. The van der Waals surface area contributed by atoms with Crippen molar-refractivity contribution in [3.05, 3.63) is 29.8 Å².